The van der Waals surface area contributed by atoms with Gasteiger partial charge in [0.05, 0.1) is 5.39 Å². The van der Waals surface area contributed by atoms with E-state index < -0.39 is 0 Å². The van der Waals surface area contributed by atoms with E-state index in [2.05, 4.69) is 38.2 Å². The molecule has 4 rings (SSSR count). The molecule has 1 atom stereocenters. The van der Waals surface area contributed by atoms with Gasteiger partial charge in [0.2, 0.25) is 0 Å². The number of hydrogen-bond donors (Lipinski definition) is 2. The van der Waals surface area contributed by atoms with Gasteiger partial charge >= 0.3 is 0 Å². The van der Waals surface area contributed by atoms with Crippen molar-refractivity contribution in [2.75, 3.05) is 25.0 Å². The second-order valence-corrected chi connectivity index (χ2v) is 6.90. The number of rotatable bonds is 5. The van der Waals surface area contributed by atoms with E-state index in [-0.39, 0.29) is 0 Å². The van der Waals surface area contributed by atoms with E-state index >= 15 is 0 Å². The van der Waals surface area contributed by atoms with Crippen molar-refractivity contribution in [2.45, 2.75) is 25.8 Å². The summed E-state index contributed by atoms with van der Waals surface area (Å²) in [5.41, 5.74) is 2.97. The quantitative estimate of drug-likeness (QED) is 0.721. The van der Waals surface area contributed by atoms with Crippen molar-refractivity contribution in [3.63, 3.8) is 0 Å². The minimum Gasteiger partial charge on any atom is -0.368 e. The molecule has 1 fully saturated rings. The molecule has 1 aliphatic rings. The number of likely N-dealkylation sites (tertiary alicyclic amines) is 1. The summed E-state index contributed by atoms with van der Waals surface area (Å²) >= 11 is 6.17. The fourth-order valence-corrected chi connectivity index (χ4v) is 3.93. The van der Waals surface area contributed by atoms with E-state index in [4.69, 9.17) is 11.6 Å². The zero-order chi connectivity index (χ0) is 17.2. The van der Waals surface area contributed by atoms with Gasteiger partial charge in [-0.3, -0.25) is 4.90 Å². The number of anilines is 1. The van der Waals surface area contributed by atoms with Crippen LogP contribution in [0.2, 0.25) is 5.02 Å². The van der Waals surface area contributed by atoms with Crippen LogP contribution < -0.4 is 5.32 Å². The Morgan fingerprint density at radius 3 is 3.12 bits per heavy atom. The van der Waals surface area contributed by atoms with Crippen molar-refractivity contribution >= 4 is 28.5 Å². The zero-order valence-electron chi connectivity index (χ0n) is 14.3. The summed E-state index contributed by atoms with van der Waals surface area (Å²) in [6.45, 7) is 5.42. The minimum atomic E-state index is 0.573. The molecule has 0 saturated carbocycles. The van der Waals surface area contributed by atoms with Crippen molar-refractivity contribution in [1.29, 1.82) is 0 Å². The molecule has 6 heteroatoms. The van der Waals surface area contributed by atoms with Crippen molar-refractivity contribution in [3.05, 3.63) is 41.8 Å². The smallest absolute Gasteiger partial charge is 0.143 e. The van der Waals surface area contributed by atoms with Gasteiger partial charge < -0.3 is 10.3 Å². The lowest BCUT2D eigenvalue weighted by Gasteiger charge is -2.23. The van der Waals surface area contributed by atoms with Crippen molar-refractivity contribution < 1.29 is 0 Å². The highest BCUT2D eigenvalue weighted by Crippen LogP contribution is 2.33. The molecule has 5 nitrogen and oxygen atoms in total. The normalized spacial score (nSPS) is 18.1. The van der Waals surface area contributed by atoms with Crippen LogP contribution in [-0.4, -0.2) is 45.5 Å². The third-order valence-corrected chi connectivity index (χ3v) is 5.25. The zero-order valence-corrected chi connectivity index (χ0v) is 15.1. The molecule has 0 aliphatic carbocycles. The summed E-state index contributed by atoms with van der Waals surface area (Å²) < 4.78 is 0. The first kappa shape index (κ1) is 16.4. The molecule has 1 unspecified atom stereocenters. The summed E-state index contributed by atoms with van der Waals surface area (Å²) in [6, 6.07) is 8.45. The Hall–Kier alpha value is -2.11. The van der Waals surface area contributed by atoms with E-state index in [1.54, 1.807) is 6.33 Å². The molecule has 0 radical (unpaired) electrons. The number of nitrogens with zero attached hydrogens (tertiary/aromatic N) is 3. The number of nitrogens with one attached hydrogen (secondary N) is 2. The molecule has 130 valence electrons. The number of benzene rings is 1. The van der Waals surface area contributed by atoms with Crippen LogP contribution >= 0.6 is 11.6 Å². The van der Waals surface area contributed by atoms with E-state index in [1.807, 2.05) is 24.4 Å². The second kappa shape index (κ2) is 7.02. The standard InChI is InChI=1S/C19H22ClN5/c1-2-25-8-4-7-15(25)10-21-18-17-16(11-22-19(17)24-12-23-18)13-5-3-6-14(20)9-13/h3,5-6,9,11-12,15H,2,4,7-8,10H2,1H3,(H2,21,22,23,24). The molecule has 0 amide bonds. The molecule has 1 aromatic carbocycles. The van der Waals surface area contributed by atoms with Gasteiger partial charge in [0, 0.05) is 29.4 Å². The topological polar surface area (TPSA) is 56.8 Å². The predicted molar refractivity (Wildman–Crippen MR) is 103 cm³/mol. The minimum absolute atomic E-state index is 0.573. The molecule has 3 heterocycles. The van der Waals surface area contributed by atoms with Gasteiger partial charge in [0.15, 0.2) is 0 Å². The van der Waals surface area contributed by atoms with Gasteiger partial charge in [-0.2, -0.15) is 0 Å². The Morgan fingerprint density at radius 2 is 2.28 bits per heavy atom. The fraction of sp³-hybridized carbons (Fsp3) is 0.368. The van der Waals surface area contributed by atoms with Gasteiger partial charge in [-0.15, -0.1) is 0 Å². The Labute approximate surface area is 152 Å². The van der Waals surface area contributed by atoms with Crippen LogP contribution in [0.4, 0.5) is 5.82 Å². The third-order valence-electron chi connectivity index (χ3n) is 5.02. The van der Waals surface area contributed by atoms with Crippen molar-refractivity contribution in [1.82, 2.24) is 19.9 Å². The van der Waals surface area contributed by atoms with Gasteiger partial charge in [0.25, 0.3) is 0 Å². The van der Waals surface area contributed by atoms with E-state index in [1.165, 1.54) is 19.4 Å². The van der Waals surface area contributed by atoms with Crippen LogP contribution in [0.3, 0.4) is 0 Å². The lowest BCUT2D eigenvalue weighted by atomic mass is 10.1. The lowest BCUT2D eigenvalue weighted by Crippen LogP contribution is -2.34. The van der Waals surface area contributed by atoms with Crippen LogP contribution in [0.15, 0.2) is 36.8 Å². The van der Waals surface area contributed by atoms with E-state index in [0.717, 1.165) is 46.1 Å². The van der Waals surface area contributed by atoms with Crippen molar-refractivity contribution in [3.8, 4) is 11.1 Å². The van der Waals surface area contributed by atoms with Crippen LogP contribution in [0.5, 0.6) is 0 Å². The summed E-state index contributed by atoms with van der Waals surface area (Å²) in [4.78, 5) is 14.7. The van der Waals surface area contributed by atoms with Crippen molar-refractivity contribution in [2.24, 2.45) is 0 Å². The van der Waals surface area contributed by atoms with Gasteiger partial charge in [-0.05, 0) is 43.6 Å². The predicted octanol–water partition coefficient (Wildman–Crippen LogP) is 4.17. The Bertz CT molecular complexity index is 875. The van der Waals surface area contributed by atoms with Crippen LogP contribution in [0.25, 0.3) is 22.2 Å². The Morgan fingerprint density at radius 1 is 1.36 bits per heavy atom. The summed E-state index contributed by atoms with van der Waals surface area (Å²) in [5, 5.41) is 5.30. The van der Waals surface area contributed by atoms with Gasteiger partial charge in [-0.25, -0.2) is 9.97 Å². The molecule has 25 heavy (non-hydrogen) atoms. The number of halogens is 1. The number of H-pyrrole nitrogens is 1. The maximum absolute atomic E-state index is 6.17. The molecular weight excluding hydrogens is 334 g/mol. The highest BCUT2D eigenvalue weighted by atomic mass is 35.5. The molecule has 0 bridgehead atoms. The Balaban J connectivity index is 1.66. The van der Waals surface area contributed by atoms with Crippen LogP contribution in [0.1, 0.15) is 19.8 Å². The fourth-order valence-electron chi connectivity index (χ4n) is 3.74. The molecular formula is C19H22ClN5. The summed E-state index contributed by atoms with van der Waals surface area (Å²) in [7, 11) is 0. The molecule has 1 saturated heterocycles. The molecule has 2 N–H and O–H groups in total. The average Bonchev–Trinajstić information content (AvgIpc) is 3.26. The first-order chi connectivity index (χ1) is 12.3. The first-order valence-corrected chi connectivity index (χ1v) is 9.20. The average molecular weight is 356 g/mol. The lowest BCUT2D eigenvalue weighted by molar-refractivity contribution is 0.277. The first-order valence-electron chi connectivity index (χ1n) is 8.82. The van der Waals surface area contributed by atoms with Gasteiger partial charge in [0.1, 0.15) is 17.8 Å². The van der Waals surface area contributed by atoms with E-state index in [9.17, 15) is 0 Å². The van der Waals surface area contributed by atoms with Crippen LogP contribution in [-0.2, 0) is 0 Å². The number of hydrogen-bond acceptors (Lipinski definition) is 4. The Kier molecular flexibility index (Phi) is 4.59. The molecule has 0 spiro atoms. The molecule has 1 aliphatic heterocycles. The maximum atomic E-state index is 6.17. The number of fused-ring (bicyclic) bond motifs is 1. The highest BCUT2D eigenvalue weighted by Gasteiger charge is 2.23. The van der Waals surface area contributed by atoms with E-state index in [0.29, 0.717) is 6.04 Å². The highest BCUT2D eigenvalue weighted by molar-refractivity contribution is 6.31. The van der Waals surface area contributed by atoms with Gasteiger partial charge in [-0.1, -0.05) is 30.7 Å². The summed E-state index contributed by atoms with van der Waals surface area (Å²) in [6.07, 6.45) is 6.10. The maximum Gasteiger partial charge on any atom is 0.143 e. The third kappa shape index (κ3) is 3.22. The number of aromatic nitrogens is 3. The number of likely N-dealkylation sites (N-methyl/N-ethyl adjacent to an activating group) is 1. The summed E-state index contributed by atoms with van der Waals surface area (Å²) in [5.74, 6) is 0.879. The largest absolute Gasteiger partial charge is 0.368 e. The molecule has 2 aromatic heterocycles. The molecule has 3 aromatic rings. The SMILES string of the molecule is CCN1CCCC1CNc1ncnc2[nH]cc(-c3cccc(Cl)c3)c12. The monoisotopic (exact) mass is 355 g/mol. The number of aromatic amines is 1. The van der Waals surface area contributed by atoms with Crippen LogP contribution in [0, 0.1) is 0 Å². The second-order valence-electron chi connectivity index (χ2n) is 6.46.